The SMILES string of the molecule is C[C@@H](Oc1ccc(/C=C2/C(=O)NC(=O)N(c3ccc(Br)cc3)C2=O)cc1)c1ccccc1. The molecule has 7 heteroatoms. The summed E-state index contributed by atoms with van der Waals surface area (Å²) in [5.41, 5.74) is 1.93. The fourth-order valence-corrected chi connectivity index (χ4v) is 3.55. The van der Waals surface area contributed by atoms with Crippen molar-refractivity contribution in [2.75, 3.05) is 4.90 Å². The van der Waals surface area contributed by atoms with Crippen LogP contribution in [-0.2, 0) is 9.59 Å². The molecule has 160 valence electrons. The molecular weight excluding hydrogens is 472 g/mol. The van der Waals surface area contributed by atoms with E-state index in [2.05, 4.69) is 21.2 Å². The van der Waals surface area contributed by atoms with Gasteiger partial charge >= 0.3 is 6.03 Å². The summed E-state index contributed by atoms with van der Waals surface area (Å²) in [5.74, 6) is -0.750. The number of nitrogens with zero attached hydrogens (tertiary/aromatic N) is 1. The summed E-state index contributed by atoms with van der Waals surface area (Å²) in [4.78, 5) is 38.5. The predicted molar refractivity (Wildman–Crippen MR) is 125 cm³/mol. The summed E-state index contributed by atoms with van der Waals surface area (Å²) in [6.07, 6.45) is 1.33. The number of rotatable bonds is 5. The summed E-state index contributed by atoms with van der Waals surface area (Å²) in [6.45, 7) is 1.96. The fraction of sp³-hybridized carbons (Fsp3) is 0.0800. The molecule has 0 aromatic heterocycles. The average molecular weight is 491 g/mol. The maximum absolute atomic E-state index is 12.9. The number of hydrogen-bond acceptors (Lipinski definition) is 4. The molecule has 0 radical (unpaired) electrons. The first-order chi connectivity index (χ1) is 15.4. The molecule has 3 aromatic rings. The minimum Gasteiger partial charge on any atom is -0.486 e. The molecule has 1 saturated heterocycles. The van der Waals surface area contributed by atoms with Gasteiger partial charge in [-0.1, -0.05) is 58.4 Å². The monoisotopic (exact) mass is 490 g/mol. The van der Waals surface area contributed by atoms with Gasteiger partial charge in [0.05, 0.1) is 5.69 Å². The first-order valence-corrected chi connectivity index (χ1v) is 10.7. The molecule has 1 aliphatic rings. The van der Waals surface area contributed by atoms with Crippen molar-refractivity contribution in [1.82, 2.24) is 5.32 Å². The van der Waals surface area contributed by atoms with Gasteiger partial charge in [-0.15, -0.1) is 0 Å². The smallest absolute Gasteiger partial charge is 0.335 e. The van der Waals surface area contributed by atoms with E-state index in [1.165, 1.54) is 6.08 Å². The number of anilines is 1. The van der Waals surface area contributed by atoms with Gasteiger partial charge in [0.1, 0.15) is 17.4 Å². The van der Waals surface area contributed by atoms with Gasteiger partial charge in [0, 0.05) is 4.47 Å². The Kier molecular flexibility index (Phi) is 6.18. The van der Waals surface area contributed by atoms with Crippen molar-refractivity contribution in [3.05, 3.63) is 100 Å². The molecule has 3 aromatic carbocycles. The number of nitrogens with one attached hydrogen (secondary N) is 1. The van der Waals surface area contributed by atoms with E-state index in [1.807, 2.05) is 37.3 Å². The van der Waals surface area contributed by atoms with Crippen LogP contribution in [0.2, 0.25) is 0 Å². The zero-order chi connectivity index (χ0) is 22.7. The van der Waals surface area contributed by atoms with Crippen LogP contribution >= 0.6 is 15.9 Å². The van der Waals surface area contributed by atoms with Crippen LogP contribution in [0.5, 0.6) is 5.75 Å². The normalized spacial score (nSPS) is 16.1. The van der Waals surface area contributed by atoms with Crippen molar-refractivity contribution < 1.29 is 19.1 Å². The maximum Gasteiger partial charge on any atom is 0.335 e. The molecule has 0 unspecified atom stereocenters. The molecular formula is C25H19BrN2O4. The Bertz CT molecular complexity index is 1190. The van der Waals surface area contributed by atoms with E-state index in [1.54, 1.807) is 48.5 Å². The molecule has 1 fully saturated rings. The van der Waals surface area contributed by atoms with Gasteiger partial charge < -0.3 is 4.74 Å². The third-order valence-corrected chi connectivity index (χ3v) is 5.49. The molecule has 4 amide bonds. The predicted octanol–water partition coefficient (Wildman–Crippen LogP) is 5.26. The van der Waals surface area contributed by atoms with E-state index in [9.17, 15) is 14.4 Å². The summed E-state index contributed by atoms with van der Waals surface area (Å²) in [6, 6.07) is 22.8. The molecule has 32 heavy (non-hydrogen) atoms. The number of halogens is 1. The molecule has 0 saturated carbocycles. The van der Waals surface area contributed by atoms with E-state index in [-0.39, 0.29) is 11.7 Å². The largest absolute Gasteiger partial charge is 0.486 e. The number of barbiturate groups is 1. The number of benzene rings is 3. The van der Waals surface area contributed by atoms with Crippen LogP contribution in [0.15, 0.2) is 88.9 Å². The third-order valence-electron chi connectivity index (χ3n) is 4.96. The lowest BCUT2D eigenvalue weighted by Crippen LogP contribution is -2.54. The average Bonchev–Trinajstić information content (AvgIpc) is 2.79. The molecule has 1 atom stereocenters. The first-order valence-electron chi connectivity index (χ1n) is 9.91. The Morgan fingerprint density at radius 3 is 2.22 bits per heavy atom. The second-order valence-electron chi connectivity index (χ2n) is 7.17. The van der Waals surface area contributed by atoms with Gasteiger partial charge in [-0.3, -0.25) is 14.9 Å². The number of amides is 4. The van der Waals surface area contributed by atoms with Crippen LogP contribution in [0, 0.1) is 0 Å². The van der Waals surface area contributed by atoms with E-state index in [0.29, 0.717) is 17.0 Å². The van der Waals surface area contributed by atoms with Gasteiger partial charge in [-0.2, -0.15) is 0 Å². The minimum atomic E-state index is -0.780. The van der Waals surface area contributed by atoms with Crippen molar-refractivity contribution in [3.8, 4) is 5.75 Å². The molecule has 1 aliphatic heterocycles. The molecule has 0 aliphatic carbocycles. The standard InChI is InChI=1S/C25H19BrN2O4/c1-16(18-5-3-2-4-6-18)32-21-13-7-17(8-14-21)15-22-23(29)27-25(31)28(24(22)30)20-11-9-19(26)10-12-20/h2-16H,1H3,(H,27,29,31)/b22-15-/t16-/m1/s1. The minimum absolute atomic E-state index is 0.126. The highest BCUT2D eigenvalue weighted by Gasteiger charge is 2.36. The Labute approximate surface area is 193 Å². The molecule has 0 spiro atoms. The Morgan fingerprint density at radius 2 is 1.56 bits per heavy atom. The lowest BCUT2D eigenvalue weighted by atomic mass is 10.1. The number of urea groups is 1. The molecule has 1 N–H and O–H groups in total. The van der Waals surface area contributed by atoms with Crippen molar-refractivity contribution in [2.24, 2.45) is 0 Å². The van der Waals surface area contributed by atoms with Crippen LogP contribution in [0.3, 0.4) is 0 Å². The number of carbonyl (C=O) groups is 3. The second kappa shape index (κ2) is 9.20. The third kappa shape index (κ3) is 4.63. The number of ether oxygens (including phenoxy) is 1. The van der Waals surface area contributed by atoms with Gasteiger partial charge in [-0.05, 0) is 60.5 Å². The lowest BCUT2D eigenvalue weighted by molar-refractivity contribution is -0.122. The Hall–Kier alpha value is -3.71. The Balaban J connectivity index is 1.54. The molecule has 1 heterocycles. The van der Waals surface area contributed by atoms with Gasteiger partial charge in [0.15, 0.2) is 0 Å². The van der Waals surface area contributed by atoms with Crippen LogP contribution < -0.4 is 15.0 Å². The summed E-state index contributed by atoms with van der Waals surface area (Å²) < 4.78 is 6.77. The fourth-order valence-electron chi connectivity index (χ4n) is 3.29. The quantitative estimate of drug-likeness (QED) is 0.391. The van der Waals surface area contributed by atoms with Gasteiger partial charge in [0.2, 0.25) is 0 Å². The highest BCUT2D eigenvalue weighted by molar-refractivity contribution is 9.10. The first kappa shape index (κ1) is 21.5. The highest BCUT2D eigenvalue weighted by Crippen LogP contribution is 2.25. The highest BCUT2D eigenvalue weighted by atomic mass is 79.9. The van der Waals surface area contributed by atoms with E-state index in [4.69, 9.17) is 4.74 Å². The van der Waals surface area contributed by atoms with E-state index in [0.717, 1.165) is 14.9 Å². The van der Waals surface area contributed by atoms with Crippen LogP contribution in [0.4, 0.5) is 10.5 Å². The maximum atomic E-state index is 12.9. The van der Waals surface area contributed by atoms with Crippen molar-refractivity contribution in [2.45, 2.75) is 13.0 Å². The summed E-state index contributed by atoms with van der Waals surface area (Å²) in [7, 11) is 0. The van der Waals surface area contributed by atoms with Crippen molar-refractivity contribution >= 4 is 45.5 Å². The van der Waals surface area contributed by atoms with Crippen LogP contribution in [0.25, 0.3) is 6.08 Å². The van der Waals surface area contributed by atoms with Gasteiger partial charge in [0.25, 0.3) is 11.8 Å². The van der Waals surface area contributed by atoms with E-state index < -0.39 is 17.8 Å². The summed E-state index contributed by atoms with van der Waals surface area (Å²) >= 11 is 3.32. The molecule has 0 bridgehead atoms. The number of imide groups is 2. The van der Waals surface area contributed by atoms with Crippen LogP contribution in [-0.4, -0.2) is 17.8 Å². The summed E-state index contributed by atoms with van der Waals surface area (Å²) in [5, 5.41) is 2.22. The van der Waals surface area contributed by atoms with Gasteiger partial charge in [-0.25, -0.2) is 9.69 Å². The van der Waals surface area contributed by atoms with Crippen LogP contribution in [0.1, 0.15) is 24.2 Å². The van der Waals surface area contributed by atoms with Crippen molar-refractivity contribution in [3.63, 3.8) is 0 Å². The molecule has 6 nitrogen and oxygen atoms in total. The number of carbonyl (C=O) groups excluding carboxylic acids is 3. The zero-order valence-electron chi connectivity index (χ0n) is 17.1. The van der Waals surface area contributed by atoms with E-state index >= 15 is 0 Å². The zero-order valence-corrected chi connectivity index (χ0v) is 18.7. The topological polar surface area (TPSA) is 75.7 Å². The lowest BCUT2D eigenvalue weighted by Gasteiger charge is -2.26. The Morgan fingerprint density at radius 1 is 0.906 bits per heavy atom. The number of hydrogen-bond donors (Lipinski definition) is 1. The molecule has 4 rings (SSSR count). The van der Waals surface area contributed by atoms with Crippen molar-refractivity contribution in [1.29, 1.82) is 0 Å². The second-order valence-corrected chi connectivity index (χ2v) is 8.09.